The van der Waals surface area contributed by atoms with Crippen molar-refractivity contribution in [3.8, 4) is 0 Å². The number of phosphoric acid groups is 1. The highest BCUT2D eigenvalue weighted by atomic mass is 31.2. The molecule has 0 radical (unpaired) electrons. The van der Waals surface area contributed by atoms with Gasteiger partial charge in [0.15, 0.2) is 6.10 Å². The lowest BCUT2D eigenvalue weighted by Gasteiger charge is -2.24. The molecule has 0 aromatic carbocycles. The van der Waals surface area contributed by atoms with Crippen LogP contribution in [0.5, 0.6) is 0 Å². The number of quaternary nitrogens is 1. The summed E-state index contributed by atoms with van der Waals surface area (Å²) in [5.74, 6) is -0.778. The molecule has 0 fully saturated rings. The molecule has 0 bridgehead atoms. The summed E-state index contributed by atoms with van der Waals surface area (Å²) in [7, 11) is 1.50. The fraction of sp³-hybridized carbons (Fsp3) is 0.906. The summed E-state index contributed by atoms with van der Waals surface area (Å²) in [6, 6.07) is 0. The van der Waals surface area contributed by atoms with Gasteiger partial charge in [-0.1, -0.05) is 289 Å². The van der Waals surface area contributed by atoms with Crippen LogP contribution in [-0.4, -0.2) is 74.9 Å². The molecule has 10 heteroatoms. The van der Waals surface area contributed by atoms with Gasteiger partial charge in [0.05, 0.1) is 27.7 Å². The van der Waals surface area contributed by atoms with E-state index < -0.39 is 26.5 Å². The molecule has 0 aromatic heterocycles. The molecule has 0 spiro atoms. The summed E-state index contributed by atoms with van der Waals surface area (Å²) in [4.78, 5) is 35.6. The molecule has 0 saturated heterocycles. The molecule has 0 aliphatic carbocycles. The minimum absolute atomic E-state index is 0.0359. The van der Waals surface area contributed by atoms with Crippen LogP contribution < -0.4 is 0 Å². The fourth-order valence-electron chi connectivity index (χ4n) is 9.52. The molecule has 2 unspecified atom stereocenters. The highest BCUT2D eigenvalue weighted by Gasteiger charge is 2.27. The third-order valence-corrected chi connectivity index (χ3v) is 15.5. The van der Waals surface area contributed by atoms with Crippen LogP contribution in [0, 0.1) is 0 Å². The van der Waals surface area contributed by atoms with Crippen molar-refractivity contribution in [2.24, 2.45) is 0 Å². The van der Waals surface area contributed by atoms with Gasteiger partial charge >= 0.3 is 19.8 Å². The Bertz CT molecular complexity index is 1300. The van der Waals surface area contributed by atoms with Gasteiger partial charge in [-0.25, -0.2) is 4.57 Å². The lowest BCUT2D eigenvalue weighted by atomic mass is 10.0. The number of carbonyl (C=O) groups excluding carboxylic acids is 2. The first-order valence-corrected chi connectivity index (χ1v) is 33.6. The van der Waals surface area contributed by atoms with E-state index in [-0.39, 0.29) is 25.6 Å². The third-order valence-electron chi connectivity index (χ3n) is 14.5. The fourth-order valence-corrected chi connectivity index (χ4v) is 10.3. The van der Waals surface area contributed by atoms with Crippen LogP contribution in [0.4, 0.5) is 0 Å². The number of hydrogen-bond acceptors (Lipinski definition) is 7. The molecule has 1 N–H and O–H groups in total. The van der Waals surface area contributed by atoms with Gasteiger partial charge in [-0.3, -0.25) is 18.6 Å². The van der Waals surface area contributed by atoms with E-state index in [1.165, 1.54) is 250 Å². The number of rotatable bonds is 60. The Hall–Kier alpha value is -1.51. The lowest BCUT2D eigenvalue weighted by Crippen LogP contribution is -2.37. The average molecular weight is 1070 g/mol. The minimum atomic E-state index is -4.38. The number of hydrogen-bond donors (Lipinski definition) is 1. The first kappa shape index (κ1) is 72.5. The van der Waals surface area contributed by atoms with Crippen LogP contribution in [-0.2, 0) is 32.7 Å². The van der Waals surface area contributed by atoms with E-state index in [2.05, 4.69) is 38.2 Å². The Labute approximate surface area is 459 Å². The Morgan fingerprint density at radius 3 is 1.07 bits per heavy atom. The van der Waals surface area contributed by atoms with Gasteiger partial charge < -0.3 is 18.9 Å². The molecular formula is C64H125NO8P+. The van der Waals surface area contributed by atoms with Gasteiger partial charge in [-0.15, -0.1) is 0 Å². The van der Waals surface area contributed by atoms with Crippen molar-refractivity contribution in [3.63, 3.8) is 0 Å². The van der Waals surface area contributed by atoms with E-state index >= 15 is 0 Å². The van der Waals surface area contributed by atoms with E-state index in [0.717, 1.165) is 44.9 Å². The quantitative estimate of drug-likeness (QED) is 0.0211. The first-order valence-electron chi connectivity index (χ1n) is 32.1. The highest BCUT2D eigenvalue weighted by Crippen LogP contribution is 2.43. The molecule has 0 saturated carbocycles. The number of allylic oxidation sites excluding steroid dienone is 4. The maximum Gasteiger partial charge on any atom is 0.472 e. The van der Waals surface area contributed by atoms with Crippen LogP contribution in [0.3, 0.4) is 0 Å². The maximum absolute atomic E-state index is 12.8. The zero-order valence-electron chi connectivity index (χ0n) is 49.9. The first-order chi connectivity index (χ1) is 36.0. The van der Waals surface area contributed by atoms with Crippen molar-refractivity contribution < 1.29 is 42.1 Å². The van der Waals surface area contributed by atoms with Crippen LogP contribution in [0.25, 0.3) is 0 Å². The molecule has 438 valence electrons. The summed E-state index contributed by atoms with van der Waals surface area (Å²) in [6.07, 6.45) is 68.6. The molecule has 2 atom stereocenters. The van der Waals surface area contributed by atoms with E-state index in [0.29, 0.717) is 17.4 Å². The van der Waals surface area contributed by atoms with E-state index in [1.54, 1.807) is 0 Å². The molecule has 9 nitrogen and oxygen atoms in total. The van der Waals surface area contributed by atoms with Crippen molar-refractivity contribution in [2.75, 3.05) is 47.5 Å². The van der Waals surface area contributed by atoms with Crippen molar-refractivity contribution in [2.45, 2.75) is 328 Å². The van der Waals surface area contributed by atoms with Gasteiger partial charge in [0.1, 0.15) is 19.8 Å². The number of unbranched alkanes of at least 4 members (excludes halogenated alkanes) is 42. The summed E-state index contributed by atoms with van der Waals surface area (Å²) in [5.41, 5.74) is 0. The number of ether oxygens (including phenoxy) is 2. The Balaban J connectivity index is 3.88. The second kappa shape index (κ2) is 56.2. The Morgan fingerprint density at radius 1 is 0.419 bits per heavy atom. The summed E-state index contributed by atoms with van der Waals surface area (Å²) in [5, 5.41) is 0. The van der Waals surface area contributed by atoms with Crippen LogP contribution in [0.1, 0.15) is 322 Å². The van der Waals surface area contributed by atoms with Crippen molar-refractivity contribution in [3.05, 3.63) is 24.3 Å². The largest absolute Gasteiger partial charge is 0.472 e. The summed E-state index contributed by atoms with van der Waals surface area (Å²) in [6.45, 7) is 4.47. The van der Waals surface area contributed by atoms with Crippen molar-refractivity contribution in [1.29, 1.82) is 0 Å². The number of esters is 2. The minimum Gasteiger partial charge on any atom is -0.462 e. The predicted octanol–water partition coefficient (Wildman–Crippen LogP) is 20.2. The lowest BCUT2D eigenvalue weighted by molar-refractivity contribution is -0.870. The molecule has 0 heterocycles. The third kappa shape index (κ3) is 59.7. The Morgan fingerprint density at radius 2 is 0.730 bits per heavy atom. The van der Waals surface area contributed by atoms with E-state index in [4.69, 9.17) is 18.5 Å². The smallest absolute Gasteiger partial charge is 0.462 e. The predicted molar refractivity (Wildman–Crippen MR) is 317 cm³/mol. The van der Waals surface area contributed by atoms with Gasteiger partial charge in [0.25, 0.3) is 0 Å². The van der Waals surface area contributed by atoms with Gasteiger partial charge in [0.2, 0.25) is 0 Å². The van der Waals surface area contributed by atoms with Crippen molar-refractivity contribution >= 4 is 19.8 Å². The van der Waals surface area contributed by atoms with Gasteiger partial charge in [-0.05, 0) is 44.9 Å². The van der Waals surface area contributed by atoms with E-state index in [9.17, 15) is 19.0 Å². The number of nitrogens with zero attached hydrogens (tertiary/aromatic N) is 1. The van der Waals surface area contributed by atoms with Crippen LogP contribution in [0.2, 0.25) is 0 Å². The SMILES string of the molecule is CCCCCCC/C=C\C/C=C\CCCCCCCCCCCCCCCCCCCCCCCCCCCC(=O)OC(COC(=O)CCCCCCCCCCCCCCC)COP(=O)(O)OCC[N+](C)(C)C. The van der Waals surface area contributed by atoms with E-state index in [1.807, 2.05) is 21.1 Å². The second-order valence-corrected chi connectivity index (χ2v) is 24.6. The average Bonchev–Trinajstić information content (AvgIpc) is 3.36. The number of phosphoric ester groups is 1. The molecule has 0 aromatic rings. The molecule has 0 amide bonds. The number of carbonyl (C=O) groups is 2. The zero-order chi connectivity index (χ0) is 54.2. The zero-order valence-corrected chi connectivity index (χ0v) is 50.8. The molecule has 74 heavy (non-hydrogen) atoms. The van der Waals surface area contributed by atoms with Crippen LogP contribution in [0.15, 0.2) is 24.3 Å². The van der Waals surface area contributed by atoms with Crippen LogP contribution >= 0.6 is 7.82 Å². The summed E-state index contributed by atoms with van der Waals surface area (Å²) < 4.78 is 34.6. The molecular weight excluding hydrogens is 942 g/mol. The Kier molecular flexibility index (Phi) is 55.1. The standard InChI is InChI=1S/C64H124NO8P/c1-6-8-10-12-14-16-18-20-21-22-23-24-25-26-27-28-29-30-31-32-33-34-35-36-37-38-39-40-41-42-43-45-47-49-51-53-55-57-64(67)73-62(61-72-74(68,69)71-59-58-65(3,4)5)60-70-63(66)56-54-52-50-48-46-44-19-17-15-13-11-9-7-2/h18,20,22-23,62H,6-17,19,21,24-61H2,1-5H3/p+1/b20-18-,23-22-. The molecule has 0 rings (SSSR count). The highest BCUT2D eigenvalue weighted by molar-refractivity contribution is 7.47. The van der Waals surface area contributed by atoms with Crippen molar-refractivity contribution in [1.82, 2.24) is 0 Å². The maximum atomic E-state index is 12.8. The monoisotopic (exact) mass is 1070 g/mol. The summed E-state index contributed by atoms with van der Waals surface area (Å²) >= 11 is 0. The number of likely N-dealkylation sites (N-methyl/N-ethyl adjacent to an activating group) is 1. The molecule has 0 aliphatic heterocycles. The van der Waals surface area contributed by atoms with Gasteiger partial charge in [-0.2, -0.15) is 0 Å². The second-order valence-electron chi connectivity index (χ2n) is 23.2. The van der Waals surface area contributed by atoms with Gasteiger partial charge in [0, 0.05) is 12.8 Å². The molecule has 0 aliphatic rings. The normalized spacial score (nSPS) is 13.3. The topological polar surface area (TPSA) is 108 Å².